The van der Waals surface area contributed by atoms with E-state index in [2.05, 4.69) is 246 Å². The minimum Gasteiger partial charge on any atom is -0.309 e. The van der Waals surface area contributed by atoms with Gasteiger partial charge in [-0.1, -0.05) is 207 Å². The summed E-state index contributed by atoms with van der Waals surface area (Å²) in [5, 5.41) is 10.2. The van der Waals surface area contributed by atoms with Gasteiger partial charge in [0.1, 0.15) is 0 Å². The summed E-state index contributed by atoms with van der Waals surface area (Å²) in [5.74, 6) is 0.561. The molecule has 0 unspecified atom stereocenters. The molecule has 13 rings (SSSR count). The molecule has 0 amide bonds. The zero-order valence-corrected chi connectivity index (χ0v) is 38.0. The van der Waals surface area contributed by atoms with Gasteiger partial charge < -0.3 is 9.47 Å². The van der Waals surface area contributed by atoms with E-state index in [-0.39, 0.29) is 0 Å². The number of aromatic nitrogens is 1. The average molecular weight is 871 g/mol. The summed E-state index contributed by atoms with van der Waals surface area (Å²) < 4.78 is 2.42. The molecule has 1 saturated carbocycles. The van der Waals surface area contributed by atoms with Gasteiger partial charge in [-0.15, -0.1) is 0 Å². The third kappa shape index (κ3) is 6.70. The van der Waals surface area contributed by atoms with Crippen molar-refractivity contribution in [1.29, 1.82) is 0 Å². The van der Waals surface area contributed by atoms with Crippen molar-refractivity contribution in [3.05, 3.63) is 242 Å². The van der Waals surface area contributed by atoms with Crippen molar-refractivity contribution in [3.8, 4) is 39.1 Å². The van der Waals surface area contributed by atoms with Crippen molar-refractivity contribution in [3.63, 3.8) is 0 Å². The predicted molar refractivity (Wildman–Crippen MR) is 290 cm³/mol. The van der Waals surface area contributed by atoms with Gasteiger partial charge >= 0.3 is 0 Å². The van der Waals surface area contributed by atoms with E-state index in [1.165, 1.54) is 125 Å². The Bertz CT molecular complexity index is 3850. The Balaban J connectivity index is 1.08. The lowest BCUT2D eigenvalue weighted by Gasteiger charge is -2.31. The van der Waals surface area contributed by atoms with Gasteiger partial charge in [0.25, 0.3) is 0 Å². The number of fused-ring (bicyclic) bond motifs is 7. The molecular formula is C66H50N2. The molecule has 1 fully saturated rings. The first kappa shape index (κ1) is 40.1. The summed E-state index contributed by atoms with van der Waals surface area (Å²) in [6, 6.07) is 88.0. The number of nitrogens with zero attached hydrogens (tertiary/aromatic N) is 2. The molecule has 324 valence electrons. The second kappa shape index (κ2) is 16.9. The van der Waals surface area contributed by atoms with E-state index in [1.54, 1.807) is 0 Å². The molecule has 0 N–H and O–H groups in total. The monoisotopic (exact) mass is 870 g/mol. The molecule has 1 aromatic heterocycles. The fraction of sp³-hybridized carbons (Fsp3) is 0.0909. The van der Waals surface area contributed by atoms with E-state index >= 15 is 0 Å². The Hall–Kier alpha value is -8.20. The second-order valence-corrected chi connectivity index (χ2v) is 18.6. The minimum absolute atomic E-state index is 0.561. The fourth-order valence-electron chi connectivity index (χ4n) is 11.8. The van der Waals surface area contributed by atoms with E-state index < -0.39 is 0 Å². The van der Waals surface area contributed by atoms with Crippen molar-refractivity contribution in [1.82, 2.24) is 4.57 Å². The quantitative estimate of drug-likeness (QED) is 0.138. The van der Waals surface area contributed by atoms with E-state index in [0.29, 0.717) is 5.92 Å². The van der Waals surface area contributed by atoms with E-state index in [1.807, 2.05) is 0 Å². The molecule has 1 aliphatic rings. The average Bonchev–Trinajstić information content (AvgIpc) is 3.76. The van der Waals surface area contributed by atoms with Gasteiger partial charge in [-0.25, -0.2) is 0 Å². The molecular weight excluding hydrogens is 821 g/mol. The number of para-hydroxylation sites is 4. The standard InChI is InChI=1S/C66H50N2/c1-3-20-45(21-4-1)53-34-16-23-47-24-17-36-58(65(47)53)56-30-9-12-38-61(56)68(50-28-15-25-48(44-50)52-33-18-35-54-51-29-8-7-22-46(51)42-43-55(52)54)62-39-13-10-31-57(62)59-37-19-41-64-66(59)60-32-11-14-40-63(60)67(64)49-26-5-2-6-27-49/h2,5-19,22-45H,1,3-4,20-21H2. The highest BCUT2D eigenvalue weighted by atomic mass is 15.1. The molecule has 2 nitrogen and oxygen atoms in total. The van der Waals surface area contributed by atoms with Gasteiger partial charge in [-0.3, -0.25) is 0 Å². The zero-order chi connectivity index (χ0) is 45.0. The number of hydrogen-bond acceptors (Lipinski definition) is 1. The third-order valence-corrected chi connectivity index (χ3v) is 14.8. The van der Waals surface area contributed by atoms with Crippen molar-refractivity contribution in [2.75, 3.05) is 4.90 Å². The van der Waals surface area contributed by atoms with Crippen LogP contribution in [0, 0.1) is 0 Å². The van der Waals surface area contributed by atoms with Gasteiger partial charge in [0.15, 0.2) is 0 Å². The van der Waals surface area contributed by atoms with Gasteiger partial charge in [0.05, 0.1) is 22.4 Å². The molecule has 68 heavy (non-hydrogen) atoms. The number of rotatable bonds is 8. The lowest BCUT2D eigenvalue weighted by molar-refractivity contribution is 0.445. The first-order chi connectivity index (χ1) is 33.8. The lowest BCUT2D eigenvalue weighted by Crippen LogP contribution is -2.13. The molecule has 12 aromatic rings. The van der Waals surface area contributed by atoms with E-state index in [9.17, 15) is 0 Å². The molecule has 1 aliphatic carbocycles. The maximum atomic E-state index is 2.55. The summed E-state index contributed by atoms with van der Waals surface area (Å²) in [5.41, 5.74) is 15.7. The molecule has 2 heteroatoms. The Morgan fingerprint density at radius 1 is 0.353 bits per heavy atom. The smallest absolute Gasteiger partial charge is 0.0547 e. The van der Waals surface area contributed by atoms with Crippen LogP contribution in [0.5, 0.6) is 0 Å². The maximum Gasteiger partial charge on any atom is 0.0547 e. The highest BCUT2D eigenvalue weighted by molar-refractivity contribution is 6.17. The maximum absolute atomic E-state index is 2.55. The molecule has 11 aromatic carbocycles. The summed E-state index contributed by atoms with van der Waals surface area (Å²) >= 11 is 0. The first-order valence-electron chi connectivity index (χ1n) is 24.4. The summed E-state index contributed by atoms with van der Waals surface area (Å²) in [6.07, 6.45) is 6.42. The number of hydrogen-bond donors (Lipinski definition) is 0. The summed E-state index contributed by atoms with van der Waals surface area (Å²) in [6.45, 7) is 0. The van der Waals surface area contributed by atoms with E-state index in [0.717, 1.165) is 22.7 Å². The molecule has 0 spiro atoms. The Kier molecular flexibility index (Phi) is 9.97. The van der Waals surface area contributed by atoms with Crippen molar-refractivity contribution in [2.24, 2.45) is 0 Å². The Labute approximate surface area is 398 Å². The lowest BCUT2D eigenvalue weighted by atomic mass is 9.80. The van der Waals surface area contributed by atoms with Crippen LogP contribution in [0.3, 0.4) is 0 Å². The topological polar surface area (TPSA) is 8.17 Å². The SMILES string of the molecule is c1ccc(-n2c3ccccc3c3c(-c4ccccc4N(c4cccc(-c5cccc6c5ccc5ccccc56)c4)c4ccccc4-c4cccc5cccc(C6CCCCC6)c45)cccc32)cc1. The predicted octanol–water partition coefficient (Wildman–Crippen LogP) is 18.8. The van der Waals surface area contributed by atoms with Gasteiger partial charge in [0, 0.05) is 33.3 Å². The van der Waals surface area contributed by atoms with Crippen molar-refractivity contribution in [2.45, 2.75) is 38.0 Å². The van der Waals surface area contributed by atoms with Crippen LogP contribution in [-0.2, 0) is 0 Å². The largest absolute Gasteiger partial charge is 0.309 e. The highest BCUT2D eigenvalue weighted by Gasteiger charge is 2.26. The molecule has 0 radical (unpaired) electrons. The van der Waals surface area contributed by atoms with Gasteiger partial charge in [0.2, 0.25) is 0 Å². The van der Waals surface area contributed by atoms with Crippen LogP contribution in [-0.4, -0.2) is 4.57 Å². The normalized spacial score (nSPS) is 13.2. The molecule has 1 heterocycles. The highest BCUT2D eigenvalue weighted by Crippen LogP contribution is 2.50. The Morgan fingerprint density at radius 3 is 1.74 bits per heavy atom. The molecule has 0 atom stereocenters. The second-order valence-electron chi connectivity index (χ2n) is 18.6. The fourth-order valence-corrected chi connectivity index (χ4v) is 11.8. The van der Waals surface area contributed by atoms with Crippen LogP contribution in [0.15, 0.2) is 237 Å². The van der Waals surface area contributed by atoms with Gasteiger partial charge in [-0.05, 0) is 127 Å². The minimum atomic E-state index is 0.561. The zero-order valence-electron chi connectivity index (χ0n) is 38.0. The summed E-state index contributed by atoms with van der Waals surface area (Å²) in [7, 11) is 0. The van der Waals surface area contributed by atoms with Crippen LogP contribution in [0.1, 0.15) is 43.6 Å². The van der Waals surface area contributed by atoms with Crippen LogP contribution in [0.4, 0.5) is 17.1 Å². The van der Waals surface area contributed by atoms with Crippen LogP contribution in [0.25, 0.3) is 93.2 Å². The summed E-state index contributed by atoms with van der Waals surface area (Å²) in [4.78, 5) is 2.55. The number of benzene rings is 11. The molecule has 0 bridgehead atoms. The van der Waals surface area contributed by atoms with Crippen molar-refractivity contribution < 1.29 is 0 Å². The van der Waals surface area contributed by atoms with E-state index in [4.69, 9.17) is 0 Å². The molecule has 0 saturated heterocycles. The van der Waals surface area contributed by atoms with Crippen LogP contribution >= 0.6 is 0 Å². The first-order valence-corrected chi connectivity index (χ1v) is 24.4. The van der Waals surface area contributed by atoms with Gasteiger partial charge in [-0.2, -0.15) is 0 Å². The molecule has 0 aliphatic heterocycles. The van der Waals surface area contributed by atoms with Crippen LogP contribution < -0.4 is 4.90 Å². The third-order valence-electron chi connectivity index (χ3n) is 14.8. The van der Waals surface area contributed by atoms with Crippen LogP contribution in [0.2, 0.25) is 0 Å². The Morgan fingerprint density at radius 2 is 0.926 bits per heavy atom. The number of anilines is 3. The van der Waals surface area contributed by atoms with Crippen molar-refractivity contribution >= 4 is 71.2 Å².